The number of hydrogen-bond acceptors (Lipinski definition) is 4. The molecular formula is C18H22Cl2O4. The predicted octanol–water partition coefficient (Wildman–Crippen LogP) is 2.47. The highest BCUT2D eigenvalue weighted by Crippen LogP contribution is 2.11. The number of halogens is 2. The monoisotopic (exact) mass is 372 g/mol. The molecule has 0 saturated carbocycles. The molecular weight excluding hydrogens is 351 g/mol. The van der Waals surface area contributed by atoms with Gasteiger partial charge >= 0.3 is 0 Å². The van der Waals surface area contributed by atoms with E-state index in [4.69, 9.17) is 43.6 Å². The topological polar surface area (TPSA) is 80.9 Å². The molecule has 4 N–H and O–H groups in total. The second kappa shape index (κ2) is 11.4. The van der Waals surface area contributed by atoms with Gasteiger partial charge in [-0.3, -0.25) is 0 Å². The first-order valence-electron chi connectivity index (χ1n) is 7.51. The zero-order valence-electron chi connectivity index (χ0n) is 13.1. The van der Waals surface area contributed by atoms with Gasteiger partial charge in [0, 0.05) is 22.9 Å². The lowest BCUT2D eigenvalue weighted by atomic mass is 10.1. The van der Waals surface area contributed by atoms with Crippen LogP contribution < -0.4 is 0 Å². The molecule has 0 aliphatic heterocycles. The van der Waals surface area contributed by atoms with Crippen molar-refractivity contribution < 1.29 is 20.4 Å². The quantitative estimate of drug-likeness (QED) is 0.627. The molecule has 2 rings (SSSR count). The predicted molar refractivity (Wildman–Crippen MR) is 96.5 cm³/mol. The lowest BCUT2D eigenvalue weighted by molar-refractivity contribution is 0.0954. The summed E-state index contributed by atoms with van der Waals surface area (Å²) in [5.74, 6) is 0. The van der Waals surface area contributed by atoms with E-state index in [-0.39, 0.29) is 13.2 Å². The third kappa shape index (κ3) is 8.64. The van der Waals surface area contributed by atoms with Crippen LogP contribution >= 0.6 is 23.2 Å². The standard InChI is InChI=1S/2C9H11ClO2/c2*10-8-3-1-7(2-4-8)5-9(12)6-11/h2*1-4,9,11-12H,5-6H2. The van der Waals surface area contributed by atoms with Crippen molar-refractivity contribution in [3.05, 3.63) is 69.7 Å². The highest BCUT2D eigenvalue weighted by Gasteiger charge is 2.03. The van der Waals surface area contributed by atoms with Crippen molar-refractivity contribution in [2.45, 2.75) is 25.0 Å². The molecule has 0 amide bonds. The Balaban J connectivity index is 0.000000240. The summed E-state index contributed by atoms with van der Waals surface area (Å²) in [4.78, 5) is 0. The van der Waals surface area contributed by atoms with Crippen LogP contribution in [0.3, 0.4) is 0 Å². The van der Waals surface area contributed by atoms with Crippen molar-refractivity contribution >= 4 is 23.2 Å². The van der Waals surface area contributed by atoms with E-state index in [0.717, 1.165) is 11.1 Å². The molecule has 2 unspecified atom stereocenters. The molecule has 24 heavy (non-hydrogen) atoms. The van der Waals surface area contributed by atoms with Gasteiger partial charge in [0.1, 0.15) is 0 Å². The van der Waals surface area contributed by atoms with Crippen LogP contribution in [-0.2, 0) is 12.8 Å². The summed E-state index contributed by atoms with van der Waals surface area (Å²) >= 11 is 11.3. The highest BCUT2D eigenvalue weighted by atomic mass is 35.5. The summed E-state index contributed by atoms with van der Waals surface area (Å²) in [7, 11) is 0. The Morgan fingerprint density at radius 2 is 0.917 bits per heavy atom. The van der Waals surface area contributed by atoms with Crippen LogP contribution in [0.2, 0.25) is 10.0 Å². The van der Waals surface area contributed by atoms with Crippen molar-refractivity contribution in [2.75, 3.05) is 13.2 Å². The smallest absolute Gasteiger partial charge is 0.0811 e. The lowest BCUT2D eigenvalue weighted by Crippen LogP contribution is -2.14. The van der Waals surface area contributed by atoms with Crippen molar-refractivity contribution in [3.63, 3.8) is 0 Å². The average molecular weight is 373 g/mol. The maximum Gasteiger partial charge on any atom is 0.0811 e. The zero-order chi connectivity index (χ0) is 17.9. The van der Waals surface area contributed by atoms with E-state index in [0.29, 0.717) is 22.9 Å². The summed E-state index contributed by atoms with van der Waals surface area (Å²) < 4.78 is 0. The van der Waals surface area contributed by atoms with Crippen molar-refractivity contribution in [1.82, 2.24) is 0 Å². The number of hydrogen-bond donors (Lipinski definition) is 4. The fourth-order valence-corrected chi connectivity index (χ4v) is 2.17. The molecule has 0 fully saturated rings. The number of benzene rings is 2. The van der Waals surface area contributed by atoms with E-state index in [1.807, 2.05) is 24.3 Å². The third-order valence-electron chi connectivity index (χ3n) is 3.19. The van der Waals surface area contributed by atoms with Crippen molar-refractivity contribution in [2.24, 2.45) is 0 Å². The Kier molecular flexibility index (Phi) is 9.95. The Bertz CT molecular complexity index is 519. The Hall–Kier alpha value is -1.14. The van der Waals surface area contributed by atoms with Gasteiger partial charge in [0.2, 0.25) is 0 Å². The molecule has 0 saturated heterocycles. The molecule has 0 spiro atoms. The van der Waals surface area contributed by atoms with Crippen LogP contribution in [0.15, 0.2) is 48.5 Å². The van der Waals surface area contributed by atoms with Gasteiger partial charge < -0.3 is 20.4 Å². The van der Waals surface area contributed by atoms with Crippen molar-refractivity contribution in [1.29, 1.82) is 0 Å². The Labute approximate surface area is 151 Å². The highest BCUT2D eigenvalue weighted by molar-refractivity contribution is 6.30. The molecule has 0 aliphatic carbocycles. The number of rotatable bonds is 6. The minimum atomic E-state index is -0.675. The third-order valence-corrected chi connectivity index (χ3v) is 3.69. The van der Waals surface area contributed by atoms with Gasteiger partial charge in [-0.1, -0.05) is 47.5 Å². The number of aliphatic hydroxyl groups is 4. The summed E-state index contributed by atoms with van der Waals surface area (Å²) in [6.45, 7) is -0.411. The Morgan fingerprint density at radius 1 is 0.625 bits per heavy atom. The minimum Gasteiger partial charge on any atom is -0.394 e. The summed E-state index contributed by atoms with van der Waals surface area (Å²) in [6.07, 6.45) is -0.418. The van der Waals surface area contributed by atoms with E-state index < -0.39 is 12.2 Å². The SMILES string of the molecule is OCC(O)Cc1ccc(Cl)cc1.OCC(O)Cc1ccc(Cl)cc1. The molecule has 0 bridgehead atoms. The first kappa shape index (κ1) is 20.9. The molecule has 0 heterocycles. The van der Waals surface area contributed by atoms with Gasteiger partial charge in [0.25, 0.3) is 0 Å². The van der Waals surface area contributed by atoms with E-state index in [2.05, 4.69) is 0 Å². The number of aliphatic hydroxyl groups excluding tert-OH is 4. The van der Waals surface area contributed by atoms with Crippen LogP contribution in [0, 0.1) is 0 Å². The van der Waals surface area contributed by atoms with Crippen LogP contribution in [-0.4, -0.2) is 45.8 Å². The first-order chi connectivity index (χ1) is 11.4. The fraction of sp³-hybridized carbons (Fsp3) is 0.333. The van der Waals surface area contributed by atoms with Crippen LogP contribution in [0.25, 0.3) is 0 Å². The largest absolute Gasteiger partial charge is 0.394 e. The maximum absolute atomic E-state index is 9.10. The van der Waals surface area contributed by atoms with E-state index >= 15 is 0 Å². The van der Waals surface area contributed by atoms with Crippen LogP contribution in [0.4, 0.5) is 0 Å². The molecule has 0 radical (unpaired) electrons. The minimum absolute atomic E-state index is 0.206. The molecule has 2 aromatic carbocycles. The molecule has 2 aromatic rings. The van der Waals surface area contributed by atoms with Gasteiger partial charge in [-0.05, 0) is 35.4 Å². The van der Waals surface area contributed by atoms with Crippen LogP contribution in [0.1, 0.15) is 11.1 Å². The van der Waals surface area contributed by atoms with E-state index in [9.17, 15) is 0 Å². The van der Waals surface area contributed by atoms with Gasteiger partial charge in [-0.25, -0.2) is 0 Å². The van der Waals surface area contributed by atoms with Crippen LogP contribution in [0.5, 0.6) is 0 Å². The molecule has 4 nitrogen and oxygen atoms in total. The molecule has 6 heteroatoms. The van der Waals surface area contributed by atoms with E-state index in [1.54, 1.807) is 24.3 Å². The second-order valence-corrected chi connectivity index (χ2v) is 6.21. The molecule has 0 aliphatic rings. The summed E-state index contributed by atoms with van der Waals surface area (Å²) in [5, 5.41) is 36.7. The average Bonchev–Trinajstić information content (AvgIpc) is 2.59. The molecule has 0 aromatic heterocycles. The van der Waals surface area contributed by atoms with Crippen molar-refractivity contribution in [3.8, 4) is 0 Å². The normalized spacial score (nSPS) is 12.9. The second-order valence-electron chi connectivity index (χ2n) is 5.33. The summed E-state index contributed by atoms with van der Waals surface area (Å²) in [5.41, 5.74) is 1.95. The lowest BCUT2D eigenvalue weighted by Gasteiger charge is -2.06. The molecule has 2 atom stereocenters. The maximum atomic E-state index is 9.10. The van der Waals surface area contributed by atoms with Gasteiger partial charge in [0.05, 0.1) is 25.4 Å². The van der Waals surface area contributed by atoms with Gasteiger partial charge in [-0.2, -0.15) is 0 Å². The van der Waals surface area contributed by atoms with Gasteiger partial charge in [0.15, 0.2) is 0 Å². The molecule has 132 valence electrons. The summed E-state index contributed by atoms with van der Waals surface area (Å²) in [6, 6.07) is 14.4. The Morgan fingerprint density at radius 3 is 1.17 bits per heavy atom. The fourth-order valence-electron chi connectivity index (χ4n) is 1.91. The first-order valence-corrected chi connectivity index (χ1v) is 8.27. The van der Waals surface area contributed by atoms with E-state index in [1.165, 1.54) is 0 Å². The zero-order valence-corrected chi connectivity index (χ0v) is 14.7. The van der Waals surface area contributed by atoms with Gasteiger partial charge in [-0.15, -0.1) is 0 Å².